The summed E-state index contributed by atoms with van der Waals surface area (Å²) in [6.07, 6.45) is 7.44. The second-order valence-electron chi connectivity index (χ2n) is 6.80. The van der Waals surface area contributed by atoms with Crippen LogP contribution in [0.4, 0.5) is 4.39 Å². The zero-order valence-corrected chi connectivity index (χ0v) is 16.9. The minimum Gasteiger partial charge on any atom is -0.307 e. The Balaban J connectivity index is 1.52. The highest BCUT2D eigenvalue weighted by atomic mass is 32.2. The van der Waals surface area contributed by atoms with Gasteiger partial charge in [0, 0.05) is 41.8 Å². The molecule has 0 fully saturated rings. The van der Waals surface area contributed by atoms with E-state index in [1.54, 1.807) is 24.5 Å². The summed E-state index contributed by atoms with van der Waals surface area (Å²) in [6, 6.07) is 14.1. The highest BCUT2D eigenvalue weighted by molar-refractivity contribution is 7.98. The molecule has 0 unspecified atom stereocenters. The van der Waals surface area contributed by atoms with E-state index in [4.69, 9.17) is 4.98 Å². The molecule has 0 N–H and O–H groups in total. The Bertz CT molecular complexity index is 1310. The molecule has 0 saturated carbocycles. The standard InChI is InChI=1S/C22H17FN6S/c1-15-3-2-12-28-13-18(25-20(15)28)14-30-22-27-26-21(16-8-10-24-11-9-16)29(22)19-6-4-17(23)5-7-19/h2-13H,14H2,1H3. The van der Waals surface area contributed by atoms with Crippen molar-refractivity contribution in [2.75, 3.05) is 0 Å². The van der Waals surface area contributed by atoms with Gasteiger partial charge in [0.05, 0.1) is 5.69 Å². The van der Waals surface area contributed by atoms with Gasteiger partial charge in [0.15, 0.2) is 11.0 Å². The molecule has 0 radical (unpaired) electrons. The molecule has 0 spiro atoms. The number of fused-ring (bicyclic) bond motifs is 1. The molecule has 0 aliphatic carbocycles. The molecule has 0 bridgehead atoms. The third-order valence-corrected chi connectivity index (χ3v) is 5.70. The van der Waals surface area contributed by atoms with Gasteiger partial charge >= 0.3 is 0 Å². The zero-order chi connectivity index (χ0) is 20.5. The SMILES string of the molecule is Cc1cccn2cc(CSc3nnc(-c4ccncc4)n3-c3ccc(F)cc3)nc12. The van der Waals surface area contributed by atoms with Crippen LogP contribution in [0, 0.1) is 12.7 Å². The van der Waals surface area contributed by atoms with Gasteiger partial charge < -0.3 is 4.40 Å². The van der Waals surface area contributed by atoms with Crippen molar-refractivity contribution in [3.05, 3.63) is 90.4 Å². The molecule has 8 heteroatoms. The van der Waals surface area contributed by atoms with E-state index in [0.717, 1.165) is 28.2 Å². The Hall–Kier alpha value is -3.52. The van der Waals surface area contributed by atoms with Crippen molar-refractivity contribution in [1.82, 2.24) is 29.1 Å². The van der Waals surface area contributed by atoms with E-state index < -0.39 is 0 Å². The van der Waals surface area contributed by atoms with Gasteiger partial charge in [-0.2, -0.15) is 0 Å². The van der Waals surface area contributed by atoms with Crippen LogP contribution >= 0.6 is 11.8 Å². The number of hydrogen-bond acceptors (Lipinski definition) is 5. The lowest BCUT2D eigenvalue weighted by atomic mass is 10.2. The number of halogens is 1. The molecular formula is C22H17FN6S. The van der Waals surface area contributed by atoms with Gasteiger partial charge in [-0.3, -0.25) is 9.55 Å². The van der Waals surface area contributed by atoms with Crippen LogP contribution in [-0.2, 0) is 5.75 Å². The molecule has 6 nitrogen and oxygen atoms in total. The minimum atomic E-state index is -0.286. The number of thioether (sulfide) groups is 1. The molecule has 0 atom stereocenters. The van der Waals surface area contributed by atoms with Gasteiger partial charge in [0.1, 0.15) is 11.5 Å². The summed E-state index contributed by atoms with van der Waals surface area (Å²) in [5.74, 6) is 1.03. The van der Waals surface area contributed by atoms with Crippen molar-refractivity contribution < 1.29 is 4.39 Å². The fourth-order valence-electron chi connectivity index (χ4n) is 3.29. The lowest BCUT2D eigenvalue weighted by Gasteiger charge is -2.10. The predicted molar refractivity (Wildman–Crippen MR) is 114 cm³/mol. The second kappa shape index (κ2) is 7.72. The van der Waals surface area contributed by atoms with Crippen LogP contribution in [0.1, 0.15) is 11.3 Å². The number of aryl methyl sites for hydroxylation is 1. The van der Waals surface area contributed by atoms with E-state index in [2.05, 4.69) is 15.2 Å². The smallest absolute Gasteiger partial charge is 0.196 e. The first-order valence-corrected chi connectivity index (χ1v) is 10.4. The summed E-state index contributed by atoms with van der Waals surface area (Å²) in [5.41, 5.74) is 4.71. The van der Waals surface area contributed by atoms with Gasteiger partial charge in [0.25, 0.3) is 0 Å². The van der Waals surface area contributed by atoms with Gasteiger partial charge in [-0.25, -0.2) is 9.37 Å². The molecule has 5 rings (SSSR count). The monoisotopic (exact) mass is 416 g/mol. The van der Waals surface area contributed by atoms with Crippen molar-refractivity contribution in [3.63, 3.8) is 0 Å². The van der Waals surface area contributed by atoms with Crippen LogP contribution in [0.25, 0.3) is 22.7 Å². The number of rotatable bonds is 5. The first-order chi connectivity index (χ1) is 14.7. The lowest BCUT2D eigenvalue weighted by molar-refractivity contribution is 0.627. The quantitative estimate of drug-likeness (QED) is 0.388. The molecule has 148 valence electrons. The third kappa shape index (κ3) is 3.46. The highest BCUT2D eigenvalue weighted by Gasteiger charge is 2.17. The maximum absolute atomic E-state index is 13.5. The summed E-state index contributed by atoms with van der Waals surface area (Å²) in [6.45, 7) is 2.05. The molecule has 1 aromatic carbocycles. The van der Waals surface area contributed by atoms with Crippen LogP contribution in [0.15, 0.2) is 78.5 Å². The Morgan fingerprint density at radius 1 is 1.00 bits per heavy atom. The van der Waals surface area contributed by atoms with Crippen LogP contribution in [-0.4, -0.2) is 29.1 Å². The van der Waals surface area contributed by atoms with Crippen LogP contribution < -0.4 is 0 Å². The average Bonchev–Trinajstić information content (AvgIpc) is 3.38. The fraction of sp³-hybridized carbons (Fsp3) is 0.0909. The van der Waals surface area contributed by atoms with Gasteiger partial charge in [-0.15, -0.1) is 10.2 Å². The predicted octanol–water partition coefficient (Wildman–Crippen LogP) is 4.72. The Morgan fingerprint density at radius 3 is 2.57 bits per heavy atom. The van der Waals surface area contributed by atoms with E-state index >= 15 is 0 Å². The largest absolute Gasteiger partial charge is 0.307 e. The summed E-state index contributed by atoms with van der Waals surface area (Å²) >= 11 is 1.54. The number of hydrogen-bond donors (Lipinski definition) is 0. The zero-order valence-electron chi connectivity index (χ0n) is 16.1. The van der Waals surface area contributed by atoms with E-state index in [1.807, 2.05) is 52.6 Å². The molecule has 0 aliphatic rings. The Labute approximate surface area is 176 Å². The van der Waals surface area contributed by atoms with Crippen molar-refractivity contribution in [2.24, 2.45) is 0 Å². The van der Waals surface area contributed by atoms with Crippen molar-refractivity contribution in [2.45, 2.75) is 17.8 Å². The summed E-state index contributed by atoms with van der Waals surface area (Å²) in [7, 11) is 0. The van der Waals surface area contributed by atoms with Gasteiger partial charge in [0.2, 0.25) is 0 Å². The lowest BCUT2D eigenvalue weighted by Crippen LogP contribution is -2.00. The summed E-state index contributed by atoms with van der Waals surface area (Å²) < 4.78 is 17.4. The summed E-state index contributed by atoms with van der Waals surface area (Å²) in [4.78, 5) is 8.81. The van der Waals surface area contributed by atoms with Crippen LogP contribution in [0.5, 0.6) is 0 Å². The van der Waals surface area contributed by atoms with Crippen LogP contribution in [0.3, 0.4) is 0 Å². The first-order valence-electron chi connectivity index (χ1n) is 9.37. The highest BCUT2D eigenvalue weighted by Crippen LogP contribution is 2.29. The Kier molecular flexibility index (Phi) is 4.76. The second-order valence-corrected chi connectivity index (χ2v) is 7.74. The topological polar surface area (TPSA) is 60.9 Å². The van der Waals surface area contributed by atoms with Crippen molar-refractivity contribution in [1.29, 1.82) is 0 Å². The van der Waals surface area contributed by atoms with Crippen LogP contribution in [0.2, 0.25) is 0 Å². The first kappa shape index (κ1) is 18.5. The summed E-state index contributed by atoms with van der Waals surface area (Å²) in [5, 5.41) is 9.51. The Morgan fingerprint density at radius 2 is 1.80 bits per heavy atom. The number of pyridine rings is 2. The van der Waals surface area contributed by atoms with E-state index in [-0.39, 0.29) is 5.82 Å². The molecule has 5 aromatic rings. The average molecular weight is 416 g/mol. The van der Waals surface area contributed by atoms with E-state index in [9.17, 15) is 4.39 Å². The number of imidazole rings is 1. The fourth-order valence-corrected chi connectivity index (χ4v) is 4.12. The third-order valence-electron chi connectivity index (χ3n) is 4.73. The molecule has 0 saturated heterocycles. The minimum absolute atomic E-state index is 0.286. The van der Waals surface area contributed by atoms with Gasteiger partial charge in [-0.05, 0) is 55.0 Å². The van der Waals surface area contributed by atoms with Gasteiger partial charge in [-0.1, -0.05) is 17.8 Å². The molecule has 0 aliphatic heterocycles. The number of nitrogens with zero attached hydrogens (tertiary/aromatic N) is 6. The molecule has 4 aromatic heterocycles. The van der Waals surface area contributed by atoms with E-state index in [1.165, 1.54) is 23.9 Å². The maximum atomic E-state index is 13.5. The molecule has 0 amide bonds. The maximum Gasteiger partial charge on any atom is 0.196 e. The molecule has 4 heterocycles. The normalized spacial score (nSPS) is 11.3. The number of aromatic nitrogens is 6. The van der Waals surface area contributed by atoms with Crippen molar-refractivity contribution in [3.8, 4) is 17.1 Å². The molecular weight excluding hydrogens is 399 g/mol. The van der Waals surface area contributed by atoms with Crippen molar-refractivity contribution >= 4 is 17.4 Å². The molecule has 30 heavy (non-hydrogen) atoms. The van der Waals surface area contributed by atoms with E-state index in [0.29, 0.717) is 16.7 Å². The number of benzene rings is 1.